The summed E-state index contributed by atoms with van der Waals surface area (Å²) >= 11 is 0. The summed E-state index contributed by atoms with van der Waals surface area (Å²) in [4.78, 5) is 14.5. The Hall–Kier alpha value is -2.58. The van der Waals surface area contributed by atoms with Gasteiger partial charge in [0.15, 0.2) is 6.10 Å². The maximum absolute atomic E-state index is 12.6. The average Bonchev–Trinajstić information content (AvgIpc) is 2.63. The summed E-state index contributed by atoms with van der Waals surface area (Å²) in [7, 11) is 2.94. The molecule has 0 radical (unpaired) electrons. The maximum atomic E-state index is 12.6. The second kappa shape index (κ2) is 8.62. The van der Waals surface area contributed by atoms with Gasteiger partial charge in [-0.2, -0.15) is 0 Å². The Bertz CT molecular complexity index is 938. The third-order valence-electron chi connectivity index (χ3n) is 4.19. The van der Waals surface area contributed by atoms with Gasteiger partial charge < -0.3 is 15.0 Å². The second-order valence-electron chi connectivity index (χ2n) is 6.92. The Morgan fingerprint density at radius 3 is 2.18 bits per heavy atom. The van der Waals surface area contributed by atoms with E-state index < -0.39 is 16.1 Å². The molecule has 8 heteroatoms. The number of amides is 1. The van der Waals surface area contributed by atoms with E-state index in [2.05, 4.69) is 5.32 Å². The number of carbonyl (C=O) groups excluding carboxylic acids is 1. The number of carbonyl (C=O) groups is 1. The van der Waals surface area contributed by atoms with Gasteiger partial charge in [0.05, 0.1) is 16.3 Å². The Balaban J connectivity index is 2.27. The fourth-order valence-corrected chi connectivity index (χ4v) is 3.41. The first kappa shape index (κ1) is 21.7. The minimum absolute atomic E-state index is 0.102. The predicted octanol–water partition coefficient (Wildman–Crippen LogP) is 2.72. The quantitative estimate of drug-likeness (QED) is 0.766. The first-order chi connectivity index (χ1) is 13.0. The number of benzene rings is 2. The van der Waals surface area contributed by atoms with Crippen molar-refractivity contribution in [2.24, 2.45) is 0 Å². The first-order valence-corrected chi connectivity index (χ1v) is 10.2. The number of sulfonamides is 1. The van der Waals surface area contributed by atoms with Crippen LogP contribution in [-0.2, 0) is 14.8 Å². The van der Waals surface area contributed by atoms with Crippen molar-refractivity contribution in [2.45, 2.75) is 24.8 Å². The van der Waals surface area contributed by atoms with Gasteiger partial charge >= 0.3 is 0 Å². The zero-order chi connectivity index (χ0) is 21.1. The van der Waals surface area contributed by atoms with Crippen LogP contribution in [0.5, 0.6) is 5.75 Å². The van der Waals surface area contributed by atoms with Crippen molar-refractivity contribution in [1.82, 2.24) is 4.31 Å². The summed E-state index contributed by atoms with van der Waals surface area (Å²) < 4.78 is 31.7. The van der Waals surface area contributed by atoms with E-state index in [0.29, 0.717) is 17.1 Å². The van der Waals surface area contributed by atoms with E-state index >= 15 is 0 Å². The number of hydrogen-bond acceptors (Lipinski definition) is 5. The van der Waals surface area contributed by atoms with Crippen LogP contribution in [-0.4, -0.2) is 52.9 Å². The molecule has 1 unspecified atom stereocenters. The third kappa shape index (κ3) is 5.02. The van der Waals surface area contributed by atoms with Crippen molar-refractivity contribution in [3.63, 3.8) is 0 Å². The normalized spacial score (nSPS) is 12.5. The number of ether oxygens (including phenoxy) is 1. The minimum Gasteiger partial charge on any atom is -0.481 e. The van der Waals surface area contributed by atoms with Crippen molar-refractivity contribution in [3.8, 4) is 5.75 Å². The van der Waals surface area contributed by atoms with Gasteiger partial charge in [0.1, 0.15) is 5.75 Å². The van der Waals surface area contributed by atoms with Crippen LogP contribution in [0.4, 0.5) is 11.4 Å². The first-order valence-electron chi connectivity index (χ1n) is 8.80. The Morgan fingerprint density at radius 2 is 1.64 bits per heavy atom. The fourth-order valence-electron chi connectivity index (χ4n) is 2.49. The van der Waals surface area contributed by atoms with Gasteiger partial charge in [0, 0.05) is 28.2 Å². The van der Waals surface area contributed by atoms with E-state index in [-0.39, 0.29) is 10.8 Å². The lowest BCUT2D eigenvalue weighted by Gasteiger charge is -2.21. The zero-order valence-electron chi connectivity index (χ0n) is 17.1. The van der Waals surface area contributed by atoms with Crippen LogP contribution >= 0.6 is 0 Å². The molecular weight excluding hydrogens is 378 g/mol. The number of anilines is 2. The van der Waals surface area contributed by atoms with Gasteiger partial charge in [0.25, 0.3) is 5.91 Å². The van der Waals surface area contributed by atoms with Crippen LogP contribution in [0.2, 0.25) is 0 Å². The third-order valence-corrected chi connectivity index (χ3v) is 6.00. The molecule has 0 fully saturated rings. The number of aryl methyl sites for hydroxylation is 1. The Kier molecular flexibility index (Phi) is 6.69. The number of nitrogens with one attached hydrogen (secondary N) is 1. The largest absolute Gasteiger partial charge is 0.481 e. The highest BCUT2D eigenvalue weighted by Gasteiger charge is 2.22. The molecule has 0 heterocycles. The monoisotopic (exact) mass is 405 g/mol. The lowest BCUT2D eigenvalue weighted by Crippen LogP contribution is -2.31. The van der Waals surface area contributed by atoms with E-state index in [0.717, 1.165) is 9.87 Å². The molecule has 0 spiro atoms. The molecule has 0 aromatic heterocycles. The van der Waals surface area contributed by atoms with E-state index in [9.17, 15) is 13.2 Å². The topological polar surface area (TPSA) is 78.9 Å². The molecule has 0 saturated heterocycles. The molecule has 1 amide bonds. The van der Waals surface area contributed by atoms with Gasteiger partial charge in [0.2, 0.25) is 10.0 Å². The van der Waals surface area contributed by atoms with Crippen molar-refractivity contribution >= 4 is 27.3 Å². The Morgan fingerprint density at radius 1 is 1.04 bits per heavy atom. The molecule has 0 aliphatic rings. The molecule has 0 aliphatic heterocycles. The summed E-state index contributed by atoms with van der Waals surface area (Å²) in [5, 5.41) is 2.79. The molecule has 0 aliphatic carbocycles. The van der Waals surface area contributed by atoms with Gasteiger partial charge in [-0.1, -0.05) is 17.7 Å². The lowest BCUT2D eigenvalue weighted by molar-refractivity contribution is -0.122. The highest BCUT2D eigenvalue weighted by atomic mass is 32.2. The van der Waals surface area contributed by atoms with Crippen LogP contribution in [0.15, 0.2) is 47.4 Å². The van der Waals surface area contributed by atoms with E-state index in [4.69, 9.17) is 4.74 Å². The number of rotatable bonds is 7. The van der Waals surface area contributed by atoms with Crippen LogP contribution in [0.25, 0.3) is 0 Å². The standard InChI is InChI=1S/C20H27N3O4S/c1-14-7-9-16(10-8-14)27-15(2)20(24)21-18-13-17(28(25,26)23(5)6)11-12-19(18)22(3)4/h7-13,15H,1-6H3,(H,21,24). The number of nitrogens with zero attached hydrogens (tertiary/aromatic N) is 2. The summed E-state index contributed by atoms with van der Waals surface area (Å²) in [6.07, 6.45) is -0.758. The molecule has 2 aromatic rings. The van der Waals surface area contributed by atoms with Crippen molar-refractivity contribution in [2.75, 3.05) is 38.4 Å². The zero-order valence-corrected chi connectivity index (χ0v) is 17.9. The molecule has 2 rings (SSSR count). The van der Waals surface area contributed by atoms with Crippen molar-refractivity contribution in [3.05, 3.63) is 48.0 Å². The SMILES string of the molecule is Cc1ccc(OC(C)C(=O)Nc2cc(S(=O)(=O)N(C)C)ccc2N(C)C)cc1. The fraction of sp³-hybridized carbons (Fsp3) is 0.350. The number of hydrogen-bond donors (Lipinski definition) is 1. The summed E-state index contributed by atoms with van der Waals surface area (Å²) in [5.74, 6) is 0.216. The summed E-state index contributed by atoms with van der Waals surface area (Å²) in [6.45, 7) is 3.61. The lowest BCUT2D eigenvalue weighted by atomic mass is 10.2. The molecule has 7 nitrogen and oxygen atoms in total. The highest BCUT2D eigenvalue weighted by Crippen LogP contribution is 2.29. The molecule has 28 heavy (non-hydrogen) atoms. The molecular formula is C20H27N3O4S. The van der Waals surface area contributed by atoms with E-state index in [1.165, 1.54) is 26.2 Å². The molecule has 1 atom stereocenters. The van der Waals surface area contributed by atoms with Gasteiger partial charge in [-0.05, 0) is 44.2 Å². The van der Waals surface area contributed by atoms with Gasteiger partial charge in [-0.15, -0.1) is 0 Å². The molecule has 0 saturated carbocycles. The molecule has 0 bridgehead atoms. The Labute approximate surface area is 167 Å². The van der Waals surface area contributed by atoms with Crippen LogP contribution in [0, 0.1) is 6.92 Å². The average molecular weight is 406 g/mol. The minimum atomic E-state index is -3.62. The van der Waals surface area contributed by atoms with Crippen LogP contribution < -0.4 is 15.0 Å². The molecule has 1 N–H and O–H groups in total. The van der Waals surface area contributed by atoms with Crippen LogP contribution in [0.1, 0.15) is 12.5 Å². The van der Waals surface area contributed by atoms with Crippen molar-refractivity contribution in [1.29, 1.82) is 0 Å². The van der Waals surface area contributed by atoms with Gasteiger partial charge in [-0.25, -0.2) is 12.7 Å². The van der Waals surface area contributed by atoms with Gasteiger partial charge in [-0.3, -0.25) is 4.79 Å². The van der Waals surface area contributed by atoms with E-state index in [1.54, 1.807) is 30.0 Å². The molecule has 152 valence electrons. The highest BCUT2D eigenvalue weighted by molar-refractivity contribution is 7.89. The smallest absolute Gasteiger partial charge is 0.265 e. The second-order valence-corrected chi connectivity index (χ2v) is 9.08. The van der Waals surface area contributed by atoms with Crippen molar-refractivity contribution < 1.29 is 17.9 Å². The van der Waals surface area contributed by atoms with Crippen LogP contribution in [0.3, 0.4) is 0 Å². The predicted molar refractivity (Wildman–Crippen MR) is 112 cm³/mol. The van der Waals surface area contributed by atoms with E-state index in [1.807, 2.05) is 33.2 Å². The molecule has 2 aromatic carbocycles. The summed E-state index contributed by atoms with van der Waals surface area (Å²) in [6, 6.07) is 12.0. The summed E-state index contributed by atoms with van der Waals surface area (Å²) in [5.41, 5.74) is 2.19. The maximum Gasteiger partial charge on any atom is 0.265 e.